The minimum Gasteiger partial charge on any atom is -0.476 e. The second-order valence-corrected chi connectivity index (χ2v) is 6.00. The smallest absolute Gasteiger partial charge is 0.357 e. The lowest BCUT2D eigenvalue weighted by Crippen LogP contribution is -2.25. The molecule has 0 radical (unpaired) electrons. The van der Waals surface area contributed by atoms with Gasteiger partial charge >= 0.3 is 5.97 Å². The number of carbonyl (C=O) groups is 1. The van der Waals surface area contributed by atoms with E-state index in [1.807, 2.05) is 0 Å². The van der Waals surface area contributed by atoms with E-state index in [1.54, 1.807) is 0 Å². The van der Waals surface area contributed by atoms with Gasteiger partial charge in [-0.1, -0.05) is 23.8 Å². The van der Waals surface area contributed by atoms with E-state index in [9.17, 15) is 4.79 Å². The number of aryl methyl sites for hydroxylation is 2. The fraction of sp³-hybridized carbons (Fsp3) is 0.412. The third-order valence-electron chi connectivity index (χ3n) is 4.04. The number of rotatable bonds is 6. The second-order valence-electron chi connectivity index (χ2n) is 6.00. The van der Waals surface area contributed by atoms with Gasteiger partial charge in [0.05, 0.1) is 6.54 Å². The molecule has 0 atom stereocenters. The van der Waals surface area contributed by atoms with E-state index < -0.39 is 5.97 Å². The van der Waals surface area contributed by atoms with Crippen molar-refractivity contribution in [3.05, 3.63) is 52.7 Å². The zero-order chi connectivity index (χ0) is 15.7. The molecular weight excluding hydrogens is 280 g/mol. The zero-order valence-corrected chi connectivity index (χ0v) is 12.9. The standard InChI is InChI=1S/C17H20N2O3/c1-11-3-4-13(12(2)7-11)8-19(14-5-6-14)9-16-18-15(10-22-16)17(20)21/h3-4,7,10,14H,5-6,8-9H2,1-2H3,(H,20,21). The molecule has 3 rings (SSSR count). The van der Waals surface area contributed by atoms with Crippen LogP contribution in [0.25, 0.3) is 0 Å². The normalized spacial score (nSPS) is 14.5. The molecular formula is C17H20N2O3. The van der Waals surface area contributed by atoms with Gasteiger partial charge in [0.25, 0.3) is 0 Å². The summed E-state index contributed by atoms with van der Waals surface area (Å²) < 4.78 is 5.29. The van der Waals surface area contributed by atoms with Crippen LogP contribution in [0, 0.1) is 13.8 Å². The Hall–Kier alpha value is -2.14. The lowest BCUT2D eigenvalue weighted by Gasteiger charge is -2.21. The fourth-order valence-corrected chi connectivity index (χ4v) is 2.65. The molecule has 0 aliphatic heterocycles. The quantitative estimate of drug-likeness (QED) is 0.887. The largest absolute Gasteiger partial charge is 0.476 e. The first-order chi connectivity index (χ1) is 10.5. The molecule has 0 spiro atoms. The molecule has 1 aliphatic carbocycles. The van der Waals surface area contributed by atoms with Crippen LogP contribution in [0.5, 0.6) is 0 Å². The highest BCUT2D eigenvalue weighted by Crippen LogP contribution is 2.30. The van der Waals surface area contributed by atoms with Crippen molar-refractivity contribution < 1.29 is 14.3 Å². The Kier molecular flexibility index (Phi) is 3.98. The second kappa shape index (κ2) is 5.93. The number of carboxylic acids is 1. The van der Waals surface area contributed by atoms with Gasteiger partial charge in [-0.2, -0.15) is 0 Å². The number of hydrogen-bond acceptors (Lipinski definition) is 4. The summed E-state index contributed by atoms with van der Waals surface area (Å²) in [6, 6.07) is 7.02. The molecule has 116 valence electrons. The number of oxazole rings is 1. The molecule has 1 saturated carbocycles. The summed E-state index contributed by atoms with van der Waals surface area (Å²) in [5.41, 5.74) is 3.81. The van der Waals surface area contributed by atoms with Crippen LogP contribution in [0.2, 0.25) is 0 Å². The van der Waals surface area contributed by atoms with Crippen LogP contribution in [0.1, 0.15) is 45.9 Å². The number of carboxylic acid groups (broad SMARTS) is 1. The van der Waals surface area contributed by atoms with E-state index in [-0.39, 0.29) is 5.69 Å². The molecule has 0 amide bonds. The highest BCUT2D eigenvalue weighted by molar-refractivity contribution is 5.84. The van der Waals surface area contributed by atoms with Crippen molar-refractivity contribution in [2.45, 2.75) is 45.8 Å². The summed E-state index contributed by atoms with van der Waals surface area (Å²) in [5, 5.41) is 8.92. The average Bonchev–Trinajstić information content (AvgIpc) is 3.20. The molecule has 0 saturated heterocycles. The highest BCUT2D eigenvalue weighted by atomic mass is 16.4. The highest BCUT2D eigenvalue weighted by Gasteiger charge is 2.30. The molecule has 1 aromatic heterocycles. The average molecular weight is 300 g/mol. The first-order valence-corrected chi connectivity index (χ1v) is 7.51. The Balaban J connectivity index is 1.73. The lowest BCUT2D eigenvalue weighted by atomic mass is 10.1. The van der Waals surface area contributed by atoms with Crippen LogP contribution in [0.3, 0.4) is 0 Å². The predicted molar refractivity (Wildman–Crippen MR) is 81.6 cm³/mol. The van der Waals surface area contributed by atoms with Gasteiger partial charge in [0.15, 0.2) is 5.69 Å². The van der Waals surface area contributed by atoms with Gasteiger partial charge in [-0.3, -0.25) is 4.90 Å². The lowest BCUT2D eigenvalue weighted by molar-refractivity contribution is 0.0690. The van der Waals surface area contributed by atoms with Gasteiger partial charge < -0.3 is 9.52 Å². The van der Waals surface area contributed by atoms with Gasteiger partial charge in [-0.15, -0.1) is 0 Å². The van der Waals surface area contributed by atoms with Crippen LogP contribution in [0.15, 0.2) is 28.9 Å². The molecule has 1 fully saturated rings. The molecule has 5 nitrogen and oxygen atoms in total. The first-order valence-electron chi connectivity index (χ1n) is 7.51. The summed E-state index contributed by atoms with van der Waals surface area (Å²) in [6.07, 6.45) is 3.56. The van der Waals surface area contributed by atoms with Crippen molar-refractivity contribution in [1.29, 1.82) is 0 Å². The van der Waals surface area contributed by atoms with Gasteiger partial charge in [0.1, 0.15) is 6.26 Å². The minimum absolute atomic E-state index is 0.0303. The molecule has 0 unspecified atom stereocenters. The Morgan fingerprint density at radius 2 is 2.14 bits per heavy atom. The molecule has 0 bridgehead atoms. The molecule has 22 heavy (non-hydrogen) atoms. The fourth-order valence-electron chi connectivity index (χ4n) is 2.65. The molecule has 1 aliphatic rings. The van der Waals surface area contributed by atoms with Gasteiger partial charge in [0, 0.05) is 12.6 Å². The summed E-state index contributed by atoms with van der Waals surface area (Å²) in [4.78, 5) is 17.2. The molecule has 1 N–H and O–H groups in total. The van der Waals surface area contributed by atoms with Crippen molar-refractivity contribution in [3.63, 3.8) is 0 Å². The van der Waals surface area contributed by atoms with Crippen LogP contribution in [-0.4, -0.2) is 27.0 Å². The number of aromatic carboxylic acids is 1. The van der Waals surface area contributed by atoms with Crippen molar-refractivity contribution >= 4 is 5.97 Å². The van der Waals surface area contributed by atoms with E-state index in [0.29, 0.717) is 18.5 Å². The Morgan fingerprint density at radius 1 is 1.36 bits per heavy atom. The Bertz CT molecular complexity index is 689. The maximum absolute atomic E-state index is 10.9. The van der Waals surface area contributed by atoms with Crippen molar-refractivity contribution in [1.82, 2.24) is 9.88 Å². The maximum atomic E-state index is 10.9. The third-order valence-corrected chi connectivity index (χ3v) is 4.04. The Labute approximate surface area is 129 Å². The summed E-state index contributed by atoms with van der Waals surface area (Å²) in [5.74, 6) is -0.587. The number of benzene rings is 1. The van der Waals surface area contributed by atoms with Crippen LogP contribution >= 0.6 is 0 Å². The number of nitrogens with zero attached hydrogens (tertiary/aromatic N) is 2. The van der Waals surface area contributed by atoms with Crippen molar-refractivity contribution in [3.8, 4) is 0 Å². The van der Waals surface area contributed by atoms with E-state index in [1.165, 1.54) is 35.8 Å². The Morgan fingerprint density at radius 3 is 2.73 bits per heavy atom. The van der Waals surface area contributed by atoms with Crippen molar-refractivity contribution in [2.24, 2.45) is 0 Å². The van der Waals surface area contributed by atoms with Crippen LogP contribution in [-0.2, 0) is 13.1 Å². The van der Waals surface area contributed by atoms with Gasteiger partial charge in [0.2, 0.25) is 5.89 Å². The first kappa shape index (κ1) is 14.8. The number of aromatic nitrogens is 1. The van der Waals surface area contributed by atoms with E-state index >= 15 is 0 Å². The van der Waals surface area contributed by atoms with Crippen LogP contribution in [0.4, 0.5) is 0 Å². The third kappa shape index (κ3) is 3.36. The van der Waals surface area contributed by atoms with E-state index in [4.69, 9.17) is 9.52 Å². The SMILES string of the molecule is Cc1ccc(CN(Cc2nc(C(=O)O)co2)C2CC2)c(C)c1. The van der Waals surface area contributed by atoms with Gasteiger partial charge in [-0.05, 0) is 37.8 Å². The summed E-state index contributed by atoms with van der Waals surface area (Å²) in [6.45, 7) is 5.60. The molecule has 5 heteroatoms. The van der Waals surface area contributed by atoms with Crippen molar-refractivity contribution in [2.75, 3.05) is 0 Å². The zero-order valence-electron chi connectivity index (χ0n) is 12.9. The molecule has 1 heterocycles. The van der Waals surface area contributed by atoms with Gasteiger partial charge in [-0.25, -0.2) is 9.78 Å². The summed E-state index contributed by atoms with van der Waals surface area (Å²) in [7, 11) is 0. The van der Waals surface area contributed by atoms with Crippen LogP contribution < -0.4 is 0 Å². The maximum Gasteiger partial charge on any atom is 0.357 e. The topological polar surface area (TPSA) is 66.6 Å². The molecule has 2 aromatic rings. The monoisotopic (exact) mass is 300 g/mol. The van der Waals surface area contributed by atoms with E-state index in [0.717, 1.165) is 6.54 Å². The van der Waals surface area contributed by atoms with E-state index in [2.05, 4.69) is 41.9 Å². The molecule has 1 aromatic carbocycles. The predicted octanol–water partition coefficient (Wildman–Crippen LogP) is 3.15. The minimum atomic E-state index is -1.05. The number of hydrogen-bond donors (Lipinski definition) is 1. The summed E-state index contributed by atoms with van der Waals surface area (Å²) >= 11 is 0.